The van der Waals surface area contributed by atoms with Crippen LogP contribution in [0.25, 0.3) is 0 Å². The van der Waals surface area contributed by atoms with Gasteiger partial charge < -0.3 is 15.5 Å². The second-order valence-corrected chi connectivity index (χ2v) is 10.0. The molecule has 30 heavy (non-hydrogen) atoms. The number of thiazole rings is 1. The summed E-state index contributed by atoms with van der Waals surface area (Å²) in [4.78, 5) is 13.7. The molecule has 4 rings (SSSR count). The van der Waals surface area contributed by atoms with Gasteiger partial charge in [-0.05, 0) is 69.4 Å². The average molecular weight is 560 g/mol. The van der Waals surface area contributed by atoms with Gasteiger partial charge in [-0.25, -0.2) is 4.98 Å². The van der Waals surface area contributed by atoms with Crippen LogP contribution in [0.15, 0.2) is 22.5 Å². The lowest BCUT2D eigenvalue weighted by Crippen LogP contribution is -2.48. The van der Waals surface area contributed by atoms with Crippen LogP contribution in [-0.2, 0) is 19.3 Å². The summed E-state index contributed by atoms with van der Waals surface area (Å²) in [6.45, 7) is 6.13. The van der Waals surface area contributed by atoms with E-state index >= 15 is 0 Å². The molecule has 0 bridgehead atoms. The van der Waals surface area contributed by atoms with Crippen molar-refractivity contribution in [3.63, 3.8) is 0 Å². The molecule has 5 nitrogen and oxygen atoms in total. The van der Waals surface area contributed by atoms with Crippen molar-refractivity contribution in [2.24, 2.45) is 4.99 Å². The highest BCUT2D eigenvalue weighted by Crippen LogP contribution is 2.27. The Balaban J connectivity index is 0.00000256. The van der Waals surface area contributed by atoms with E-state index in [0.29, 0.717) is 6.04 Å². The van der Waals surface area contributed by atoms with Crippen molar-refractivity contribution >= 4 is 57.6 Å². The van der Waals surface area contributed by atoms with Crippen molar-refractivity contribution in [3.05, 3.63) is 33.1 Å². The molecule has 1 aliphatic heterocycles. The molecular formula is C22H34IN5S2. The van der Waals surface area contributed by atoms with Gasteiger partial charge in [0.05, 0.1) is 15.7 Å². The van der Waals surface area contributed by atoms with Crippen LogP contribution >= 0.6 is 46.7 Å². The monoisotopic (exact) mass is 559 g/mol. The third-order valence-corrected chi connectivity index (χ3v) is 7.85. The minimum absolute atomic E-state index is 0. The second kappa shape index (κ2) is 12.2. The number of fused-ring (bicyclic) bond motifs is 1. The highest BCUT2D eigenvalue weighted by molar-refractivity contribution is 14.0. The molecule has 0 radical (unpaired) electrons. The van der Waals surface area contributed by atoms with Gasteiger partial charge in [0.15, 0.2) is 5.96 Å². The number of rotatable bonds is 7. The zero-order chi connectivity index (χ0) is 19.9. The molecule has 2 aliphatic rings. The highest BCUT2D eigenvalue weighted by Gasteiger charge is 2.20. The maximum Gasteiger partial charge on any atom is 0.191 e. The summed E-state index contributed by atoms with van der Waals surface area (Å²) in [7, 11) is 0. The predicted octanol–water partition coefficient (Wildman–Crippen LogP) is 4.86. The molecule has 0 aromatic carbocycles. The van der Waals surface area contributed by atoms with Crippen LogP contribution in [0.3, 0.4) is 0 Å². The summed E-state index contributed by atoms with van der Waals surface area (Å²) < 4.78 is 0. The number of hydrogen-bond donors (Lipinski definition) is 2. The molecule has 1 fully saturated rings. The summed E-state index contributed by atoms with van der Waals surface area (Å²) in [6, 6.07) is 4.87. The van der Waals surface area contributed by atoms with E-state index in [4.69, 9.17) is 9.98 Å². The topological polar surface area (TPSA) is 52.6 Å². The van der Waals surface area contributed by atoms with Gasteiger partial charge in [0.1, 0.15) is 0 Å². The lowest BCUT2D eigenvalue weighted by Gasteiger charge is -2.33. The largest absolute Gasteiger partial charge is 0.363 e. The van der Waals surface area contributed by atoms with E-state index in [1.807, 2.05) is 22.7 Å². The average Bonchev–Trinajstić information content (AvgIpc) is 3.41. The van der Waals surface area contributed by atoms with Gasteiger partial charge in [-0.3, -0.25) is 4.99 Å². The number of aromatic nitrogens is 1. The van der Waals surface area contributed by atoms with Crippen molar-refractivity contribution < 1.29 is 0 Å². The summed E-state index contributed by atoms with van der Waals surface area (Å²) >= 11 is 3.78. The lowest BCUT2D eigenvalue weighted by atomic mass is 10.0. The third kappa shape index (κ3) is 6.56. The Bertz CT molecular complexity index is 758. The zero-order valence-electron chi connectivity index (χ0n) is 17.9. The Kier molecular flexibility index (Phi) is 9.70. The van der Waals surface area contributed by atoms with Gasteiger partial charge in [-0.1, -0.05) is 0 Å². The smallest absolute Gasteiger partial charge is 0.191 e. The number of aryl methyl sites for hydroxylation is 3. The number of nitrogens with one attached hydrogen (secondary N) is 2. The summed E-state index contributed by atoms with van der Waals surface area (Å²) in [5.74, 6) is 0.973. The maximum absolute atomic E-state index is 4.86. The minimum atomic E-state index is 0. The Hall–Kier alpha value is -0.870. The number of halogens is 1. The number of piperidine rings is 1. The summed E-state index contributed by atoms with van der Waals surface area (Å²) in [5.41, 5.74) is 1.38. The lowest BCUT2D eigenvalue weighted by molar-refractivity contribution is 0.463. The number of aliphatic imine (C=N–C) groups is 1. The molecule has 8 heteroatoms. The van der Waals surface area contributed by atoms with Gasteiger partial charge in [0.2, 0.25) is 0 Å². The Morgan fingerprint density at radius 1 is 1.27 bits per heavy atom. The highest BCUT2D eigenvalue weighted by atomic mass is 127. The molecule has 0 amide bonds. The van der Waals surface area contributed by atoms with E-state index in [2.05, 4.69) is 40.0 Å². The third-order valence-electron chi connectivity index (χ3n) is 5.71. The molecule has 0 spiro atoms. The van der Waals surface area contributed by atoms with E-state index in [1.54, 1.807) is 4.88 Å². The first-order chi connectivity index (χ1) is 14.3. The Morgan fingerprint density at radius 2 is 2.10 bits per heavy atom. The first kappa shape index (κ1) is 23.8. The number of nitrogens with zero attached hydrogens (tertiary/aromatic N) is 3. The maximum atomic E-state index is 4.86. The molecule has 1 aliphatic carbocycles. The molecular weight excluding hydrogens is 525 g/mol. The molecule has 2 aromatic heterocycles. The molecule has 0 atom stereocenters. The van der Waals surface area contributed by atoms with Crippen LogP contribution in [0.1, 0.15) is 54.6 Å². The van der Waals surface area contributed by atoms with Gasteiger partial charge in [-0.2, -0.15) is 0 Å². The van der Waals surface area contributed by atoms with Crippen LogP contribution in [0.4, 0.5) is 5.00 Å². The normalized spacial score (nSPS) is 17.4. The van der Waals surface area contributed by atoms with E-state index < -0.39 is 0 Å². The van der Waals surface area contributed by atoms with Crippen LogP contribution in [0.2, 0.25) is 0 Å². The molecule has 166 valence electrons. The molecule has 1 saturated heterocycles. The van der Waals surface area contributed by atoms with Crippen LogP contribution in [0.5, 0.6) is 0 Å². The van der Waals surface area contributed by atoms with Crippen molar-refractivity contribution in [3.8, 4) is 0 Å². The van der Waals surface area contributed by atoms with E-state index in [1.165, 1.54) is 41.4 Å². The Morgan fingerprint density at radius 3 is 2.83 bits per heavy atom. The minimum Gasteiger partial charge on any atom is -0.363 e. The van der Waals surface area contributed by atoms with E-state index in [0.717, 1.165) is 57.8 Å². The number of thiophene rings is 1. The van der Waals surface area contributed by atoms with Crippen molar-refractivity contribution in [1.82, 2.24) is 15.6 Å². The number of anilines is 1. The van der Waals surface area contributed by atoms with E-state index in [-0.39, 0.29) is 24.0 Å². The summed E-state index contributed by atoms with van der Waals surface area (Å²) in [5, 5.41) is 12.0. The molecule has 0 unspecified atom stereocenters. The van der Waals surface area contributed by atoms with Crippen LogP contribution in [-0.4, -0.2) is 43.2 Å². The fourth-order valence-corrected chi connectivity index (χ4v) is 6.12. The molecule has 3 heterocycles. The van der Waals surface area contributed by atoms with Gasteiger partial charge >= 0.3 is 0 Å². The molecule has 2 aromatic rings. The number of hydrogen-bond acceptors (Lipinski definition) is 5. The standard InChI is InChI=1S/C22H33N5S2.HI/c1-2-23-22(25-17-11-14-27(15-12-17)21-10-6-16-28-21)24-13-5-9-20-26-18-7-3-4-8-19(18)29-20;/h6,10,16-17H,2-5,7-9,11-15H2,1H3,(H2,23,24,25);1H. The van der Waals surface area contributed by atoms with Crippen molar-refractivity contribution in [2.45, 2.75) is 64.3 Å². The Labute approximate surface area is 205 Å². The summed E-state index contributed by atoms with van der Waals surface area (Å²) in [6.07, 6.45) is 9.52. The fraction of sp³-hybridized carbons (Fsp3) is 0.636. The zero-order valence-corrected chi connectivity index (χ0v) is 21.8. The van der Waals surface area contributed by atoms with Gasteiger partial charge in [-0.15, -0.1) is 46.7 Å². The second-order valence-electron chi connectivity index (χ2n) is 7.91. The fourth-order valence-electron chi connectivity index (χ4n) is 4.14. The predicted molar refractivity (Wildman–Crippen MR) is 141 cm³/mol. The van der Waals surface area contributed by atoms with Gasteiger partial charge in [0.25, 0.3) is 0 Å². The molecule has 0 saturated carbocycles. The van der Waals surface area contributed by atoms with Crippen LogP contribution in [0, 0.1) is 0 Å². The van der Waals surface area contributed by atoms with Crippen LogP contribution < -0.4 is 15.5 Å². The van der Waals surface area contributed by atoms with E-state index in [9.17, 15) is 0 Å². The number of guanidine groups is 1. The molecule has 2 N–H and O–H groups in total. The SMILES string of the molecule is CCNC(=NCCCc1nc2c(s1)CCCC2)NC1CCN(c2cccs2)CC1.I. The van der Waals surface area contributed by atoms with Gasteiger partial charge in [0, 0.05) is 43.5 Å². The van der Waals surface area contributed by atoms with Crippen molar-refractivity contribution in [1.29, 1.82) is 0 Å². The first-order valence-corrected chi connectivity index (χ1v) is 12.8. The quantitative estimate of drug-likeness (QED) is 0.220. The first-order valence-electron chi connectivity index (χ1n) is 11.1. The van der Waals surface area contributed by atoms with Crippen molar-refractivity contribution in [2.75, 3.05) is 31.1 Å².